The lowest BCUT2D eigenvalue weighted by atomic mass is 9.77. The number of benzene rings is 1. The van der Waals surface area contributed by atoms with Crippen LogP contribution in [0.15, 0.2) is 24.3 Å². The highest BCUT2D eigenvalue weighted by atomic mass is 15.2. The molecule has 3 unspecified atom stereocenters. The average Bonchev–Trinajstić information content (AvgIpc) is 2.39. The summed E-state index contributed by atoms with van der Waals surface area (Å²) >= 11 is 0. The fraction of sp³-hybridized carbons (Fsp3) is 0.667. The molecule has 1 aromatic carbocycles. The Morgan fingerprint density at radius 3 is 2.85 bits per heavy atom. The van der Waals surface area contributed by atoms with E-state index in [2.05, 4.69) is 55.3 Å². The minimum atomic E-state index is 0.672. The number of nitrogens with one attached hydrogen (secondary N) is 1. The second-order valence-electron chi connectivity index (χ2n) is 7.14. The molecule has 0 amide bonds. The highest BCUT2D eigenvalue weighted by Crippen LogP contribution is 2.35. The zero-order valence-electron chi connectivity index (χ0n) is 13.1. The molecule has 110 valence electrons. The van der Waals surface area contributed by atoms with Crippen molar-refractivity contribution in [2.75, 3.05) is 19.6 Å². The van der Waals surface area contributed by atoms with E-state index in [1.807, 2.05) is 0 Å². The molecule has 2 aliphatic rings. The van der Waals surface area contributed by atoms with Gasteiger partial charge in [-0.1, -0.05) is 38.1 Å². The van der Waals surface area contributed by atoms with Gasteiger partial charge in [-0.2, -0.15) is 0 Å². The fourth-order valence-electron chi connectivity index (χ4n) is 3.78. The third-order valence-electron chi connectivity index (χ3n) is 4.95. The molecule has 1 aromatic rings. The van der Waals surface area contributed by atoms with E-state index in [-0.39, 0.29) is 0 Å². The Hall–Kier alpha value is -0.860. The summed E-state index contributed by atoms with van der Waals surface area (Å²) in [6.07, 6.45) is 2.58. The molecule has 1 aliphatic heterocycles. The Kier molecular flexibility index (Phi) is 4.13. The molecule has 20 heavy (non-hydrogen) atoms. The summed E-state index contributed by atoms with van der Waals surface area (Å²) < 4.78 is 0. The Balaban J connectivity index is 1.59. The molecule has 3 rings (SSSR count). The van der Waals surface area contributed by atoms with Gasteiger partial charge in [0.05, 0.1) is 0 Å². The van der Waals surface area contributed by atoms with E-state index in [0.29, 0.717) is 12.1 Å². The Morgan fingerprint density at radius 2 is 2.10 bits per heavy atom. The highest BCUT2D eigenvalue weighted by molar-refractivity contribution is 5.40. The van der Waals surface area contributed by atoms with Gasteiger partial charge < -0.3 is 5.32 Å². The Bertz CT molecular complexity index is 454. The molecule has 1 aliphatic carbocycles. The van der Waals surface area contributed by atoms with Crippen molar-refractivity contribution < 1.29 is 0 Å². The van der Waals surface area contributed by atoms with Gasteiger partial charge in [0, 0.05) is 37.6 Å². The average molecular weight is 272 g/mol. The molecule has 1 saturated heterocycles. The van der Waals surface area contributed by atoms with Crippen molar-refractivity contribution in [3.63, 3.8) is 0 Å². The SMILES string of the molecule is CC(C)CC1CN(CC2Cc3ccccc32)C(C)CN1. The lowest BCUT2D eigenvalue weighted by Crippen LogP contribution is -2.56. The molecule has 0 aromatic heterocycles. The van der Waals surface area contributed by atoms with E-state index < -0.39 is 0 Å². The summed E-state index contributed by atoms with van der Waals surface area (Å²) in [6, 6.07) is 10.3. The maximum Gasteiger partial charge on any atom is 0.0198 e. The fourth-order valence-corrected chi connectivity index (χ4v) is 3.78. The number of fused-ring (bicyclic) bond motifs is 1. The predicted octanol–water partition coefficient (Wildman–Crippen LogP) is 3.03. The van der Waals surface area contributed by atoms with E-state index in [1.54, 1.807) is 11.1 Å². The van der Waals surface area contributed by atoms with E-state index in [9.17, 15) is 0 Å². The monoisotopic (exact) mass is 272 g/mol. The van der Waals surface area contributed by atoms with Gasteiger partial charge in [0.2, 0.25) is 0 Å². The topological polar surface area (TPSA) is 15.3 Å². The molecule has 3 atom stereocenters. The van der Waals surface area contributed by atoms with Crippen molar-refractivity contribution in [1.82, 2.24) is 10.2 Å². The lowest BCUT2D eigenvalue weighted by Gasteiger charge is -2.43. The maximum atomic E-state index is 3.72. The molecular formula is C18H28N2. The van der Waals surface area contributed by atoms with E-state index in [4.69, 9.17) is 0 Å². The molecule has 1 fully saturated rings. The zero-order valence-corrected chi connectivity index (χ0v) is 13.1. The van der Waals surface area contributed by atoms with Gasteiger partial charge in [-0.05, 0) is 36.8 Å². The second-order valence-corrected chi connectivity index (χ2v) is 7.14. The van der Waals surface area contributed by atoms with Crippen molar-refractivity contribution in [3.05, 3.63) is 35.4 Å². The smallest absolute Gasteiger partial charge is 0.0198 e. The molecule has 0 spiro atoms. The van der Waals surface area contributed by atoms with Crippen molar-refractivity contribution in [3.8, 4) is 0 Å². The largest absolute Gasteiger partial charge is 0.311 e. The van der Waals surface area contributed by atoms with Crippen LogP contribution >= 0.6 is 0 Å². The van der Waals surface area contributed by atoms with Gasteiger partial charge in [0.1, 0.15) is 0 Å². The van der Waals surface area contributed by atoms with Crippen LogP contribution in [0, 0.1) is 5.92 Å². The van der Waals surface area contributed by atoms with Crippen LogP contribution in [0.5, 0.6) is 0 Å². The van der Waals surface area contributed by atoms with E-state index >= 15 is 0 Å². The van der Waals surface area contributed by atoms with Gasteiger partial charge >= 0.3 is 0 Å². The summed E-state index contributed by atoms with van der Waals surface area (Å²) in [6.45, 7) is 10.6. The summed E-state index contributed by atoms with van der Waals surface area (Å²) in [7, 11) is 0. The van der Waals surface area contributed by atoms with Gasteiger partial charge in [0.25, 0.3) is 0 Å². The molecule has 1 heterocycles. The van der Waals surface area contributed by atoms with Crippen molar-refractivity contribution >= 4 is 0 Å². The lowest BCUT2D eigenvalue weighted by molar-refractivity contribution is 0.121. The molecule has 1 N–H and O–H groups in total. The van der Waals surface area contributed by atoms with Crippen LogP contribution in [-0.4, -0.2) is 36.6 Å². The molecule has 2 nitrogen and oxygen atoms in total. The second kappa shape index (κ2) is 5.87. The molecular weight excluding hydrogens is 244 g/mol. The van der Waals surface area contributed by atoms with Crippen LogP contribution in [0.1, 0.15) is 44.2 Å². The first kappa shape index (κ1) is 14.1. The van der Waals surface area contributed by atoms with Crippen LogP contribution in [0.4, 0.5) is 0 Å². The van der Waals surface area contributed by atoms with Gasteiger partial charge in [-0.25, -0.2) is 0 Å². The van der Waals surface area contributed by atoms with Crippen molar-refractivity contribution in [2.45, 2.75) is 51.6 Å². The predicted molar refractivity (Wildman–Crippen MR) is 85.2 cm³/mol. The van der Waals surface area contributed by atoms with Crippen LogP contribution in [-0.2, 0) is 6.42 Å². The number of hydrogen-bond acceptors (Lipinski definition) is 2. The molecule has 0 radical (unpaired) electrons. The van der Waals surface area contributed by atoms with Crippen molar-refractivity contribution in [1.29, 1.82) is 0 Å². The quantitative estimate of drug-likeness (QED) is 0.906. The highest BCUT2D eigenvalue weighted by Gasteiger charge is 2.31. The summed E-state index contributed by atoms with van der Waals surface area (Å²) in [5.74, 6) is 1.55. The summed E-state index contributed by atoms with van der Waals surface area (Å²) in [4.78, 5) is 2.71. The third-order valence-corrected chi connectivity index (χ3v) is 4.95. The molecule has 0 bridgehead atoms. The normalized spacial score (nSPS) is 30.1. The van der Waals surface area contributed by atoms with Crippen molar-refractivity contribution in [2.24, 2.45) is 5.92 Å². The Labute approximate surface area is 123 Å². The first-order chi connectivity index (χ1) is 9.63. The third kappa shape index (κ3) is 2.91. The van der Waals surface area contributed by atoms with Crippen LogP contribution in [0.25, 0.3) is 0 Å². The number of hydrogen-bond donors (Lipinski definition) is 1. The van der Waals surface area contributed by atoms with Crippen LogP contribution < -0.4 is 5.32 Å². The van der Waals surface area contributed by atoms with Crippen LogP contribution in [0.2, 0.25) is 0 Å². The molecule has 2 heteroatoms. The zero-order chi connectivity index (χ0) is 14.1. The number of nitrogens with zero attached hydrogens (tertiary/aromatic N) is 1. The van der Waals surface area contributed by atoms with Gasteiger partial charge in [-0.3, -0.25) is 4.90 Å². The van der Waals surface area contributed by atoms with E-state index in [1.165, 1.54) is 25.9 Å². The minimum absolute atomic E-state index is 0.672. The minimum Gasteiger partial charge on any atom is -0.311 e. The standard InChI is InChI=1S/C18H28N2/c1-13(2)8-17-12-20(14(3)10-19-17)11-16-9-15-6-4-5-7-18(15)16/h4-7,13-14,16-17,19H,8-12H2,1-3H3. The van der Waals surface area contributed by atoms with Gasteiger partial charge in [0.15, 0.2) is 0 Å². The number of rotatable bonds is 4. The summed E-state index contributed by atoms with van der Waals surface area (Å²) in [5.41, 5.74) is 3.16. The van der Waals surface area contributed by atoms with Crippen LogP contribution in [0.3, 0.4) is 0 Å². The first-order valence-corrected chi connectivity index (χ1v) is 8.18. The maximum absolute atomic E-state index is 3.72. The van der Waals surface area contributed by atoms with E-state index in [0.717, 1.165) is 18.4 Å². The first-order valence-electron chi connectivity index (χ1n) is 8.18. The molecule has 0 saturated carbocycles. The number of piperazine rings is 1. The van der Waals surface area contributed by atoms with Gasteiger partial charge in [-0.15, -0.1) is 0 Å². The Morgan fingerprint density at radius 1 is 1.30 bits per heavy atom. The summed E-state index contributed by atoms with van der Waals surface area (Å²) in [5, 5.41) is 3.72.